The zero-order valence-electron chi connectivity index (χ0n) is 13.4. The molecule has 2 N–H and O–H groups in total. The number of anilines is 1. The molecule has 1 aliphatic carbocycles. The van der Waals surface area contributed by atoms with Crippen LogP contribution in [0.5, 0.6) is 0 Å². The second kappa shape index (κ2) is 6.37. The molecule has 0 saturated heterocycles. The molecule has 24 heavy (non-hydrogen) atoms. The van der Waals surface area contributed by atoms with E-state index in [2.05, 4.69) is 33.5 Å². The van der Waals surface area contributed by atoms with Crippen molar-refractivity contribution in [1.29, 1.82) is 0 Å². The predicted molar refractivity (Wildman–Crippen MR) is 104 cm³/mol. The van der Waals surface area contributed by atoms with Crippen LogP contribution in [0.2, 0.25) is 0 Å². The van der Waals surface area contributed by atoms with Crippen LogP contribution in [0.4, 0.5) is 5.00 Å². The highest BCUT2D eigenvalue weighted by Gasteiger charge is 2.33. The first-order valence-electron chi connectivity index (χ1n) is 8.26. The average Bonchev–Trinajstić information content (AvgIpc) is 2.93. The zero-order valence-corrected chi connectivity index (χ0v) is 15.8. The van der Waals surface area contributed by atoms with Gasteiger partial charge in [0.1, 0.15) is 11.2 Å². The van der Waals surface area contributed by atoms with Gasteiger partial charge in [-0.2, -0.15) is 0 Å². The normalized spacial score (nSPS) is 23.1. The Kier molecular flexibility index (Phi) is 4.22. The van der Waals surface area contributed by atoms with Gasteiger partial charge in [-0.05, 0) is 42.4 Å². The maximum Gasteiger partial charge on any atom is 0.256 e. The molecule has 2 heterocycles. The standard InChI is InChI=1S/C19H19BrN2OS/c1-11-7-8-13-15(9-11)24-19-16(13)18(23)21-17(22-19)14(20)10-12-5-3-2-4-6-12/h2-6,10-11,17,22H,7-9H2,1H3,(H,21,23)/b14-10-/t11-,17-/m0/s1. The third-order valence-electron chi connectivity index (χ3n) is 4.67. The lowest BCUT2D eigenvalue weighted by molar-refractivity contribution is 0.0942. The molecule has 0 radical (unpaired) electrons. The minimum absolute atomic E-state index is 0.0409. The van der Waals surface area contributed by atoms with E-state index in [1.807, 2.05) is 36.4 Å². The highest BCUT2D eigenvalue weighted by molar-refractivity contribution is 9.11. The van der Waals surface area contributed by atoms with Gasteiger partial charge >= 0.3 is 0 Å². The minimum atomic E-state index is -0.220. The van der Waals surface area contributed by atoms with Gasteiger partial charge in [0.05, 0.1) is 5.56 Å². The predicted octanol–water partition coefficient (Wildman–Crippen LogP) is 4.79. The number of fused-ring (bicyclic) bond motifs is 3. The number of hydrogen-bond acceptors (Lipinski definition) is 3. The first-order valence-corrected chi connectivity index (χ1v) is 9.87. The van der Waals surface area contributed by atoms with Gasteiger partial charge in [0.2, 0.25) is 0 Å². The average molecular weight is 403 g/mol. The van der Waals surface area contributed by atoms with E-state index in [1.54, 1.807) is 11.3 Å². The number of benzene rings is 1. The fraction of sp³-hybridized carbons (Fsp3) is 0.316. The molecule has 1 amide bonds. The van der Waals surface area contributed by atoms with Gasteiger partial charge < -0.3 is 10.6 Å². The van der Waals surface area contributed by atoms with E-state index in [9.17, 15) is 4.79 Å². The van der Waals surface area contributed by atoms with Crippen LogP contribution in [0.3, 0.4) is 0 Å². The monoisotopic (exact) mass is 402 g/mol. The molecule has 1 aliphatic heterocycles. The van der Waals surface area contributed by atoms with Crippen LogP contribution < -0.4 is 10.6 Å². The van der Waals surface area contributed by atoms with Crippen LogP contribution in [-0.4, -0.2) is 12.1 Å². The number of hydrogen-bond donors (Lipinski definition) is 2. The summed E-state index contributed by atoms with van der Waals surface area (Å²) in [6.07, 6.45) is 5.10. The van der Waals surface area contributed by atoms with Crippen LogP contribution in [0.1, 0.15) is 39.7 Å². The van der Waals surface area contributed by atoms with Gasteiger partial charge in [0, 0.05) is 9.36 Å². The minimum Gasteiger partial charge on any atom is -0.352 e. The van der Waals surface area contributed by atoms with Crippen molar-refractivity contribution in [1.82, 2.24) is 5.32 Å². The van der Waals surface area contributed by atoms with Crippen molar-refractivity contribution in [3.63, 3.8) is 0 Å². The molecule has 0 unspecified atom stereocenters. The molecule has 2 atom stereocenters. The summed E-state index contributed by atoms with van der Waals surface area (Å²) < 4.78 is 0.924. The van der Waals surface area contributed by atoms with Gasteiger partial charge in [-0.15, -0.1) is 11.3 Å². The molecule has 1 aromatic heterocycles. The van der Waals surface area contributed by atoms with Crippen molar-refractivity contribution < 1.29 is 4.79 Å². The Morgan fingerprint density at radius 1 is 1.29 bits per heavy atom. The first-order chi connectivity index (χ1) is 11.6. The fourth-order valence-electron chi connectivity index (χ4n) is 3.39. The summed E-state index contributed by atoms with van der Waals surface area (Å²) in [5.74, 6) is 0.750. The molecule has 0 bridgehead atoms. The Bertz CT molecular complexity index is 812. The maximum absolute atomic E-state index is 12.7. The molecule has 2 aliphatic rings. The van der Waals surface area contributed by atoms with E-state index in [-0.39, 0.29) is 12.1 Å². The summed E-state index contributed by atoms with van der Waals surface area (Å²) in [6, 6.07) is 10.1. The topological polar surface area (TPSA) is 41.1 Å². The van der Waals surface area contributed by atoms with Crippen LogP contribution in [-0.2, 0) is 12.8 Å². The van der Waals surface area contributed by atoms with E-state index in [1.165, 1.54) is 16.9 Å². The highest BCUT2D eigenvalue weighted by Crippen LogP contribution is 2.41. The number of amides is 1. The van der Waals surface area contributed by atoms with E-state index in [0.29, 0.717) is 5.92 Å². The number of nitrogens with one attached hydrogen (secondary N) is 2. The summed E-state index contributed by atoms with van der Waals surface area (Å²) in [4.78, 5) is 14.1. The van der Waals surface area contributed by atoms with Crippen LogP contribution in [0.25, 0.3) is 6.08 Å². The molecule has 1 aromatic carbocycles. The van der Waals surface area contributed by atoms with E-state index >= 15 is 0 Å². The van der Waals surface area contributed by atoms with Crippen molar-refractivity contribution in [2.75, 3.05) is 5.32 Å². The largest absolute Gasteiger partial charge is 0.352 e. The van der Waals surface area contributed by atoms with Gasteiger partial charge in [0.15, 0.2) is 0 Å². The lowest BCUT2D eigenvalue weighted by Gasteiger charge is -2.26. The van der Waals surface area contributed by atoms with E-state index in [4.69, 9.17) is 0 Å². The molecule has 0 saturated carbocycles. The third-order valence-corrected chi connectivity index (χ3v) is 6.54. The highest BCUT2D eigenvalue weighted by atomic mass is 79.9. The second-order valence-corrected chi connectivity index (χ2v) is 8.57. The molecular formula is C19H19BrN2OS. The molecule has 4 rings (SSSR count). The molecule has 0 fully saturated rings. The van der Waals surface area contributed by atoms with E-state index < -0.39 is 0 Å². The first kappa shape index (κ1) is 15.9. The van der Waals surface area contributed by atoms with Gasteiger partial charge in [-0.25, -0.2) is 0 Å². The Morgan fingerprint density at radius 3 is 2.88 bits per heavy atom. The number of halogens is 1. The second-order valence-electron chi connectivity index (χ2n) is 6.55. The summed E-state index contributed by atoms with van der Waals surface area (Å²) in [5, 5.41) is 7.59. The van der Waals surface area contributed by atoms with Gasteiger partial charge in [0.25, 0.3) is 5.91 Å². The number of carbonyl (C=O) groups is 1. The van der Waals surface area contributed by atoms with Crippen molar-refractivity contribution in [2.24, 2.45) is 5.92 Å². The van der Waals surface area contributed by atoms with Crippen molar-refractivity contribution >= 4 is 44.3 Å². The molecule has 124 valence electrons. The summed E-state index contributed by atoms with van der Waals surface area (Å²) in [5.41, 5.74) is 3.24. The molecule has 3 nitrogen and oxygen atoms in total. The summed E-state index contributed by atoms with van der Waals surface area (Å²) in [7, 11) is 0. The number of carbonyl (C=O) groups excluding carboxylic acids is 1. The molecular weight excluding hydrogens is 384 g/mol. The molecule has 5 heteroatoms. The van der Waals surface area contributed by atoms with Crippen molar-refractivity contribution in [2.45, 2.75) is 32.4 Å². The SMILES string of the molecule is C[C@H]1CCc2c(sc3c2C(=O)N[C@H](/C(Br)=C/c2ccccc2)N3)C1. The zero-order chi connectivity index (χ0) is 16.7. The lowest BCUT2D eigenvalue weighted by Crippen LogP contribution is -2.45. The summed E-state index contributed by atoms with van der Waals surface area (Å²) in [6.45, 7) is 2.29. The van der Waals surface area contributed by atoms with Gasteiger partial charge in [-0.1, -0.05) is 53.2 Å². The van der Waals surface area contributed by atoms with Crippen LogP contribution in [0, 0.1) is 5.92 Å². The quantitative estimate of drug-likeness (QED) is 0.757. The fourth-order valence-corrected chi connectivity index (χ4v) is 5.32. The van der Waals surface area contributed by atoms with Crippen LogP contribution >= 0.6 is 27.3 Å². The lowest BCUT2D eigenvalue weighted by atomic mass is 9.88. The number of rotatable bonds is 2. The molecule has 0 spiro atoms. The van der Waals surface area contributed by atoms with Crippen LogP contribution in [0.15, 0.2) is 34.8 Å². The van der Waals surface area contributed by atoms with E-state index in [0.717, 1.165) is 33.5 Å². The van der Waals surface area contributed by atoms with Gasteiger partial charge in [-0.3, -0.25) is 4.79 Å². The number of thiophene rings is 1. The van der Waals surface area contributed by atoms with Crippen molar-refractivity contribution in [3.8, 4) is 0 Å². The Hall–Kier alpha value is -1.59. The Balaban J connectivity index is 1.63. The maximum atomic E-state index is 12.7. The molecule has 2 aromatic rings. The Morgan fingerprint density at radius 2 is 2.08 bits per heavy atom. The Labute approximate surface area is 154 Å². The third kappa shape index (κ3) is 2.91. The smallest absolute Gasteiger partial charge is 0.256 e. The van der Waals surface area contributed by atoms with Crippen molar-refractivity contribution in [3.05, 3.63) is 56.4 Å². The summed E-state index contributed by atoms with van der Waals surface area (Å²) >= 11 is 5.38.